The normalized spacial score (nSPS) is 25.5. The number of rotatable bonds is 5. The lowest BCUT2D eigenvalue weighted by molar-refractivity contribution is -0.00220. The summed E-state index contributed by atoms with van der Waals surface area (Å²) in [4.78, 5) is 0. The van der Waals surface area contributed by atoms with Crippen LogP contribution in [-0.2, 0) is 11.2 Å². The summed E-state index contributed by atoms with van der Waals surface area (Å²) in [5, 5.41) is 8.43. The Bertz CT molecular complexity index is 602. The molecule has 1 saturated carbocycles. The molecule has 1 aliphatic carbocycles. The average molecular weight is 313 g/mol. The molecule has 0 N–H and O–H groups in total. The lowest BCUT2D eigenvalue weighted by Crippen LogP contribution is -2.33. The second-order valence-electron chi connectivity index (χ2n) is 6.12. The van der Waals surface area contributed by atoms with E-state index in [1.165, 1.54) is 23.3 Å². The Morgan fingerprint density at radius 1 is 1.35 bits per heavy atom. The number of nitriles is 1. The van der Waals surface area contributed by atoms with Crippen LogP contribution in [0.15, 0.2) is 48.3 Å². The van der Waals surface area contributed by atoms with E-state index in [2.05, 4.69) is 31.2 Å². The minimum Gasteiger partial charge on any atom is -0.374 e. The van der Waals surface area contributed by atoms with Crippen LogP contribution in [0.3, 0.4) is 0 Å². The van der Waals surface area contributed by atoms with Gasteiger partial charge in [0.25, 0.3) is 0 Å². The van der Waals surface area contributed by atoms with E-state index in [0.717, 1.165) is 32.1 Å². The van der Waals surface area contributed by atoms with Crippen LogP contribution in [0.1, 0.15) is 49.7 Å². The fourth-order valence-electron chi connectivity index (χ4n) is 3.25. The van der Waals surface area contributed by atoms with Gasteiger partial charge >= 0.3 is 0 Å². The second-order valence-corrected chi connectivity index (χ2v) is 6.12. The molecule has 23 heavy (non-hydrogen) atoms. The lowest BCUT2D eigenvalue weighted by Gasteiger charge is -2.37. The minimum absolute atomic E-state index is 0.341. The van der Waals surface area contributed by atoms with Crippen molar-refractivity contribution in [2.24, 2.45) is 0 Å². The highest BCUT2D eigenvalue weighted by Gasteiger charge is 2.33. The molecule has 1 aliphatic rings. The molecule has 0 radical (unpaired) electrons. The van der Waals surface area contributed by atoms with Gasteiger partial charge in [0.1, 0.15) is 6.07 Å². The van der Waals surface area contributed by atoms with Crippen molar-refractivity contribution in [1.29, 1.82) is 5.26 Å². The van der Waals surface area contributed by atoms with Crippen LogP contribution in [0.2, 0.25) is 0 Å². The van der Waals surface area contributed by atoms with Gasteiger partial charge in [0.15, 0.2) is 5.83 Å². The van der Waals surface area contributed by atoms with Gasteiger partial charge in [0.2, 0.25) is 0 Å². The molecule has 0 spiro atoms. The van der Waals surface area contributed by atoms with Gasteiger partial charge in [-0.2, -0.15) is 9.65 Å². The number of halogens is 1. The first-order valence-electron chi connectivity index (χ1n) is 8.21. The number of methoxy groups -OCH3 is 1. The van der Waals surface area contributed by atoms with Gasteiger partial charge in [-0.3, -0.25) is 0 Å². The zero-order valence-corrected chi connectivity index (χ0v) is 13.9. The molecule has 0 aliphatic heterocycles. The molecule has 3 heteroatoms. The van der Waals surface area contributed by atoms with Gasteiger partial charge in [-0.1, -0.05) is 43.3 Å². The Balaban J connectivity index is 2.01. The van der Waals surface area contributed by atoms with Crippen molar-refractivity contribution in [3.8, 4) is 6.07 Å². The molecule has 0 amide bonds. The molecule has 0 atom stereocenters. The largest absolute Gasteiger partial charge is 0.374 e. The highest BCUT2D eigenvalue weighted by molar-refractivity contribution is 5.27. The third-order valence-corrected chi connectivity index (χ3v) is 4.85. The smallest absolute Gasteiger partial charge is 0.199 e. The molecule has 2 nitrogen and oxygen atoms in total. The molecule has 0 bridgehead atoms. The van der Waals surface area contributed by atoms with Crippen molar-refractivity contribution < 1.29 is 9.13 Å². The number of nitrogens with zero attached hydrogens (tertiary/aromatic N) is 1. The first kappa shape index (κ1) is 17.4. The molecule has 1 fully saturated rings. The summed E-state index contributed by atoms with van der Waals surface area (Å²) in [6.07, 6.45) is 9.65. The molecule has 0 saturated heterocycles. The van der Waals surface area contributed by atoms with Crippen molar-refractivity contribution >= 4 is 0 Å². The molecule has 0 aromatic heterocycles. The van der Waals surface area contributed by atoms with Gasteiger partial charge in [0, 0.05) is 7.11 Å². The number of aryl methyl sites for hydroxylation is 1. The van der Waals surface area contributed by atoms with E-state index in [9.17, 15) is 4.39 Å². The van der Waals surface area contributed by atoms with Gasteiger partial charge in [-0.05, 0) is 55.2 Å². The van der Waals surface area contributed by atoms with Crippen molar-refractivity contribution in [2.75, 3.05) is 7.11 Å². The number of benzene rings is 1. The minimum atomic E-state index is -0.780. The fraction of sp³-hybridized carbons (Fsp3) is 0.450. The predicted octanol–water partition coefficient (Wildman–Crippen LogP) is 5.22. The van der Waals surface area contributed by atoms with Crippen molar-refractivity contribution in [2.45, 2.75) is 50.5 Å². The van der Waals surface area contributed by atoms with Crippen LogP contribution >= 0.6 is 0 Å². The number of allylic oxidation sites excluding steroid dienone is 3. The summed E-state index contributed by atoms with van der Waals surface area (Å²) >= 11 is 0. The molecule has 1 aromatic rings. The van der Waals surface area contributed by atoms with E-state index in [-0.39, 0.29) is 5.60 Å². The SMILES string of the molecule is CCc1ccc([C@H]2CC[C@@](C=CC=C(F)C#N)(OC)CC2)cc1. The third kappa shape index (κ3) is 4.53. The van der Waals surface area contributed by atoms with Gasteiger partial charge in [-0.15, -0.1) is 0 Å². The van der Waals surface area contributed by atoms with Crippen LogP contribution in [0.5, 0.6) is 0 Å². The summed E-state index contributed by atoms with van der Waals surface area (Å²) in [5.41, 5.74) is 2.42. The Kier molecular flexibility index (Phi) is 6.12. The highest BCUT2D eigenvalue weighted by Crippen LogP contribution is 2.40. The maximum absolute atomic E-state index is 12.9. The van der Waals surface area contributed by atoms with Crippen LogP contribution in [0, 0.1) is 11.3 Å². The summed E-state index contributed by atoms with van der Waals surface area (Å²) in [6.45, 7) is 2.17. The maximum Gasteiger partial charge on any atom is 0.199 e. The molecular formula is C20H24FNO. The fourth-order valence-corrected chi connectivity index (χ4v) is 3.25. The standard InChI is InChI=1S/C20H24FNO/c1-3-16-6-8-17(9-7-16)18-10-13-20(23-2,14-11-18)12-4-5-19(21)15-22/h4-9,12,18H,3,10-11,13-14H2,1-2H3/t18-,20+. The topological polar surface area (TPSA) is 33.0 Å². The van der Waals surface area contributed by atoms with E-state index in [0.29, 0.717) is 5.92 Å². The Hall–Kier alpha value is -1.92. The van der Waals surface area contributed by atoms with E-state index >= 15 is 0 Å². The summed E-state index contributed by atoms with van der Waals surface area (Å²) < 4.78 is 18.6. The second kappa shape index (κ2) is 8.08. The third-order valence-electron chi connectivity index (χ3n) is 4.85. The van der Waals surface area contributed by atoms with Crippen molar-refractivity contribution in [1.82, 2.24) is 0 Å². The van der Waals surface area contributed by atoms with Crippen molar-refractivity contribution in [3.63, 3.8) is 0 Å². The Morgan fingerprint density at radius 3 is 2.52 bits per heavy atom. The first-order chi connectivity index (χ1) is 11.1. The van der Waals surface area contributed by atoms with Crippen molar-refractivity contribution in [3.05, 3.63) is 59.4 Å². The van der Waals surface area contributed by atoms with Crippen LogP contribution in [0.25, 0.3) is 0 Å². The molecule has 0 heterocycles. The quantitative estimate of drug-likeness (QED) is 0.551. The Morgan fingerprint density at radius 2 is 2.00 bits per heavy atom. The average Bonchev–Trinajstić information content (AvgIpc) is 2.62. The number of hydrogen-bond donors (Lipinski definition) is 0. The zero-order chi connectivity index (χ0) is 16.7. The first-order valence-corrected chi connectivity index (χ1v) is 8.21. The van der Waals surface area contributed by atoms with E-state index in [1.807, 2.05) is 6.08 Å². The van der Waals surface area contributed by atoms with Crippen LogP contribution in [0.4, 0.5) is 4.39 Å². The monoisotopic (exact) mass is 313 g/mol. The van der Waals surface area contributed by atoms with Crippen LogP contribution < -0.4 is 0 Å². The summed E-state index contributed by atoms with van der Waals surface area (Å²) in [6, 6.07) is 10.4. The van der Waals surface area contributed by atoms with E-state index in [4.69, 9.17) is 10.00 Å². The molecular weight excluding hydrogens is 289 g/mol. The van der Waals surface area contributed by atoms with Crippen LogP contribution in [-0.4, -0.2) is 12.7 Å². The lowest BCUT2D eigenvalue weighted by atomic mass is 9.75. The number of ether oxygens (including phenoxy) is 1. The molecule has 0 unspecified atom stereocenters. The van der Waals surface area contributed by atoms with E-state index < -0.39 is 5.83 Å². The molecule has 2 rings (SSSR count). The van der Waals surface area contributed by atoms with E-state index in [1.54, 1.807) is 13.2 Å². The summed E-state index contributed by atoms with van der Waals surface area (Å²) in [5.74, 6) is -0.221. The molecule has 1 aromatic carbocycles. The zero-order valence-electron chi connectivity index (χ0n) is 13.9. The van der Waals surface area contributed by atoms with Gasteiger partial charge in [-0.25, -0.2) is 0 Å². The summed E-state index contributed by atoms with van der Waals surface area (Å²) in [7, 11) is 1.70. The van der Waals surface area contributed by atoms with Gasteiger partial charge < -0.3 is 4.74 Å². The number of hydrogen-bond acceptors (Lipinski definition) is 2. The maximum atomic E-state index is 12.9. The predicted molar refractivity (Wildman–Crippen MR) is 90.7 cm³/mol. The Labute approximate surface area is 138 Å². The highest BCUT2D eigenvalue weighted by atomic mass is 19.1. The molecule has 122 valence electrons. The van der Waals surface area contributed by atoms with Gasteiger partial charge in [0.05, 0.1) is 5.60 Å².